The van der Waals surface area contributed by atoms with Gasteiger partial charge in [0.2, 0.25) is 0 Å². The van der Waals surface area contributed by atoms with E-state index in [1.807, 2.05) is 0 Å². The van der Waals surface area contributed by atoms with E-state index in [4.69, 9.17) is 0 Å². The highest BCUT2D eigenvalue weighted by Gasteiger charge is 2.27. The lowest BCUT2D eigenvalue weighted by Gasteiger charge is -2.28. The minimum Gasteiger partial charge on any atom is -0.395 e. The summed E-state index contributed by atoms with van der Waals surface area (Å²) in [4.78, 5) is 1.52. The van der Waals surface area contributed by atoms with Crippen LogP contribution in [0, 0.1) is 11.6 Å². The highest BCUT2D eigenvalue weighted by molar-refractivity contribution is 5.57. The van der Waals surface area contributed by atoms with Crippen molar-refractivity contribution < 1.29 is 13.9 Å². The summed E-state index contributed by atoms with van der Waals surface area (Å²) in [6, 6.07) is 2.61. The molecule has 4 heteroatoms. The van der Waals surface area contributed by atoms with Gasteiger partial charge in [-0.2, -0.15) is 0 Å². The van der Waals surface area contributed by atoms with E-state index in [1.54, 1.807) is 27.9 Å². The third-order valence-corrected chi connectivity index (χ3v) is 2.64. The molecule has 0 saturated carbocycles. The zero-order valence-electron chi connectivity index (χ0n) is 10.0. The highest BCUT2D eigenvalue weighted by Crippen LogP contribution is 2.34. The molecular formula is C12H17F2NO. The van der Waals surface area contributed by atoms with Crippen molar-refractivity contribution in [2.75, 3.05) is 25.6 Å². The largest absolute Gasteiger partial charge is 0.395 e. The molecule has 0 amide bonds. The summed E-state index contributed by atoms with van der Waals surface area (Å²) in [6.07, 6.45) is 0. The van der Waals surface area contributed by atoms with Crippen LogP contribution in [0.15, 0.2) is 12.1 Å². The molecule has 1 aromatic rings. The average molecular weight is 229 g/mol. The third-order valence-electron chi connectivity index (χ3n) is 2.64. The van der Waals surface area contributed by atoms with Crippen LogP contribution in [0.1, 0.15) is 19.4 Å². The first-order valence-electron chi connectivity index (χ1n) is 5.08. The van der Waals surface area contributed by atoms with Gasteiger partial charge in [-0.1, -0.05) is 19.9 Å². The van der Waals surface area contributed by atoms with Gasteiger partial charge in [0, 0.05) is 19.5 Å². The second-order valence-corrected chi connectivity index (χ2v) is 4.69. The van der Waals surface area contributed by atoms with Crippen LogP contribution in [0.3, 0.4) is 0 Å². The molecule has 0 aliphatic rings. The first-order chi connectivity index (χ1) is 7.31. The number of hydrogen-bond acceptors (Lipinski definition) is 2. The van der Waals surface area contributed by atoms with Gasteiger partial charge in [0.25, 0.3) is 0 Å². The van der Waals surface area contributed by atoms with Crippen molar-refractivity contribution in [3.63, 3.8) is 0 Å². The van der Waals surface area contributed by atoms with Crippen LogP contribution < -0.4 is 4.90 Å². The molecular weight excluding hydrogens is 212 g/mol. The monoisotopic (exact) mass is 229 g/mol. The van der Waals surface area contributed by atoms with Crippen molar-refractivity contribution in [3.8, 4) is 0 Å². The summed E-state index contributed by atoms with van der Waals surface area (Å²) in [5, 5.41) is 9.28. The van der Waals surface area contributed by atoms with Gasteiger partial charge >= 0.3 is 0 Å². The van der Waals surface area contributed by atoms with Crippen molar-refractivity contribution in [3.05, 3.63) is 29.3 Å². The smallest absolute Gasteiger partial charge is 0.182 e. The average Bonchev–Trinajstić information content (AvgIpc) is 2.21. The summed E-state index contributed by atoms with van der Waals surface area (Å²) in [5.74, 6) is -1.75. The molecule has 0 bridgehead atoms. The van der Waals surface area contributed by atoms with Crippen molar-refractivity contribution in [2.24, 2.45) is 0 Å². The number of aliphatic hydroxyl groups is 1. The quantitative estimate of drug-likeness (QED) is 0.859. The Bertz CT molecular complexity index is 389. The molecule has 0 atom stereocenters. The van der Waals surface area contributed by atoms with Gasteiger partial charge in [-0.25, -0.2) is 8.78 Å². The van der Waals surface area contributed by atoms with E-state index in [1.165, 1.54) is 11.0 Å². The number of rotatable bonds is 3. The van der Waals surface area contributed by atoms with Crippen molar-refractivity contribution >= 4 is 5.69 Å². The molecule has 0 spiro atoms. The zero-order valence-corrected chi connectivity index (χ0v) is 10.0. The Morgan fingerprint density at radius 3 is 2.25 bits per heavy atom. The molecule has 0 aliphatic heterocycles. The summed E-state index contributed by atoms with van der Waals surface area (Å²) >= 11 is 0. The molecule has 0 unspecified atom stereocenters. The lowest BCUT2D eigenvalue weighted by Crippen LogP contribution is -2.27. The van der Waals surface area contributed by atoms with Gasteiger partial charge in [-0.15, -0.1) is 0 Å². The lowest BCUT2D eigenvalue weighted by molar-refractivity contribution is 0.218. The topological polar surface area (TPSA) is 23.5 Å². The first-order valence-corrected chi connectivity index (χ1v) is 5.08. The molecule has 0 heterocycles. The SMILES string of the molecule is CN(C)c1c(C(C)(C)CO)ccc(F)c1F. The summed E-state index contributed by atoms with van der Waals surface area (Å²) < 4.78 is 26.8. The molecule has 1 N–H and O–H groups in total. The van der Waals surface area contributed by atoms with E-state index >= 15 is 0 Å². The van der Waals surface area contributed by atoms with E-state index in [0.29, 0.717) is 5.56 Å². The number of anilines is 1. The number of nitrogens with zero attached hydrogens (tertiary/aromatic N) is 1. The predicted molar refractivity (Wildman–Crippen MR) is 60.8 cm³/mol. The Morgan fingerprint density at radius 1 is 1.25 bits per heavy atom. The van der Waals surface area contributed by atoms with Crippen molar-refractivity contribution in [1.29, 1.82) is 0 Å². The van der Waals surface area contributed by atoms with E-state index in [9.17, 15) is 13.9 Å². The van der Waals surface area contributed by atoms with Gasteiger partial charge in [-0.05, 0) is 11.6 Å². The summed E-state index contributed by atoms with van der Waals surface area (Å²) in [6.45, 7) is 3.44. The Hall–Kier alpha value is -1.16. The van der Waals surface area contributed by atoms with Crippen LogP contribution in [-0.4, -0.2) is 25.8 Å². The third kappa shape index (κ3) is 2.16. The molecule has 0 saturated heterocycles. The standard InChI is InChI=1S/C12H17F2NO/c1-12(2,7-16)8-5-6-9(13)10(14)11(8)15(3)4/h5-6,16H,7H2,1-4H3. The van der Waals surface area contributed by atoms with Crippen molar-refractivity contribution in [2.45, 2.75) is 19.3 Å². The number of benzene rings is 1. The molecule has 0 fully saturated rings. The maximum atomic E-state index is 13.7. The number of hydrogen-bond donors (Lipinski definition) is 1. The molecule has 90 valence electrons. The van der Waals surface area contributed by atoms with E-state index < -0.39 is 17.0 Å². The first kappa shape index (κ1) is 12.9. The zero-order chi connectivity index (χ0) is 12.5. The molecule has 0 radical (unpaired) electrons. The van der Waals surface area contributed by atoms with E-state index in [2.05, 4.69) is 0 Å². The Morgan fingerprint density at radius 2 is 1.81 bits per heavy atom. The van der Waals surface area contributed by atoms with Gasteiger partial charge in [-0.3, -0.25) is 0 Å². The molecule has 16 heavy (non-hydrogen) atoms. The van der Waals surface area contributed by atoms with Crippen LogP contribution in [0.25, 0.3) is 0 Å². The normalized spacial score (nSPS) is 11.7. The van der Waals surface area contributed by atoms with Gasteiger partial charge in [0.05, 0.1) is 12.3 Å². The molecule has 1 rings (SSSR count). The van der Waals surface area contributed by atoms with Crippen LogP contribution in [-0.2, 0) is 5.41 Å². The fourth-order valence-electron chi connectivity index (χ4n) is 1.61. The van der Waals surface area contributed by atoms with Crippen LogP contribution >= 0.6 is 0 Å². The molecule has 0 aliphatic carbocycles. The minimum absolute atomic E-state index is 0.126. The fourth-order valence-corrected chi connectivity index (χ4v) is 1.61. The Kier molecular flexibility index (Phi) is 3.53. The number of aliphatic hydroxyl groups excluding tert-OH is 1. The molecule has 2 nitrogen and oxygen atoms in total. The van der Waals surface area contributed by atoms with E-state index in [0.717, 1.165) is 6.07 Å². The number of halogens is 2. The maximum Gasteiger partial charge on any atom is 0.182 e. The van der Waals surface area contributed by atoms with Crippen LogP contribution in [0.5, 0.6) is 0 Å². The van der Waals surface area contributed by atoms with Gasteiger partial charge in [0.1, 0.15) is 0 Å². The fraction of sp³-hybridized carbons (Fsp3) is 0.500. The molecule has 1 aromatic carbocycles. The summed E-state index contributed by atoms with van der Waals surface area (Å²) in [5.41, 5.74) is 0.187. The lowest BCUT2D eigenvalue weighted by atomic mass is 9.84. The summed E-state index contributed by atoms with van der Waals surface area (Å²) in [7, 11) is 3.30. The van der Waals surface area contributed by atoms with Crippen LogP contribution in [0.4, 0.5) is 14.5 Å². The highest BCUT2D eigenvalue weighted by atomic mass is 19.2. The second-order valence-electron chi connectivity index (χ2n) is 4.69. The van der Waals surface area contributed by atoms with Gasteiger partial charge in [0.15, 0.2) is 11.6 Å². The Labute approximate surface area is 94.5 Å². The van der Waals surface area contributed by atoms with E-state index in [-0.39, 0.29) is 12.3 Å². The second kappa shape index (κ2) is 4.37. The van der Waals surface area contributed by atoms with Gasteiger partial charge < -0.3 is 10.0 Å². The van der Waals surface area contributed by atoms with Crippen LogP contribution in [0.2, 0.25) is 0 Å². The predicted octanol–water partition coefficient (Wildman–Crippen LogP) is 2.30. The minimum atomic E-state index is -0.874. The van der Waals surface area contributed by atoms with Crippen molar-refractivity contribution in [1.82, 2.24) is 0 Å². The molecule has 0 aromatic heterocycles. The maximum absolute atomic E-state index is 13.7. The Balaban J connectivity index is 3.46.